The number of halogens is 2. The first-order chi connectivity index (χ1) is 8.15. The minimum atomic E-state index is -0.786. The van der Waals surface area contributed by atoms with Crippen molar-refractivity contribution in [2.75, 3.05) is 5.75 Å². The normalized spacial score (nSPS) is 18.5. The van der Waals surface area contributed by atoms with Gasteiger partial charge in [-0.2, -0.15) is 11.8 Å². The van der Waals surface area contributed by atoms with E-state index in [1.165, 1.54) is 37.8 Å². The Hall–Kier alpha value is -0.610. The molecule has 0 bridgehead atoms. The molecule has 1 N–H and O–H groups in total. The van der Waals surface area contributed by atoms with Gasteiger partial charge in [0.05, 0.1) is 6.10 Å². The van der Waals surface area contributed by atoms with Gasteiger partial charge < -0.3 is 5.11 Å². The fourth-order valence-corrected chi connectivity index (χ4v) is 3.46. The minimum absolute atomic E-state index is 0.327. The Bertz CT molecular complexity index is 357. The average molecular weight is 258 g/mol. The van der Waals surface area contributed by atoms with Crippen molar-refractivity contribution in [2.45, 2.75) is 37.0 Å². The highest BCUT2D eigenvalue weighted by Gasteiger charge is 2.18. The predicted octanol–water partition coefficient (Wildman–Crippen LogP) is 3.67. The molecule has 1 aromatic rings. The van der Waals surface area contributed by atoms with Crippen LogP contribution in [-0.4, -0.2) is 16.1 Å². The summed E-state index contributed by atoms with van der Waals surface area (Å²) in [6.45, 7) is 0. The van der Waals surface area contributed by atoms with Gasteiger partial charge in [0.15, 0.2) is 0 Å². The molecule has 1 aliphatic rings. The third-order valence-corrected chi connectivity index (χ3v) is 4.51. The lowest BCUT2D eigenvalue weighted by Crippen LogP contribution is -2.05. The smallest absolute Gasteiger partial charge is 0.126 e. The Balaban J connectivity index is 1.91. The molecule has 1 nitrogen and oxygen atoms in total. The van der Waals surface area contributed by atoms with Crippen molar-refractivity contribution >= 4 is 11.8 Å². The number of aliphatic hydroxyl groups is 1. The highest BCUT2D eigenvalue weighted by Crippen LogP contribution is 2.32. The summed E-state index contributed by atoms with van der Waals surface area (Å²) in [7, 11) is 0. The molecule has 0 radical (unpaired) electrons. The third kappa shape index (κ3) is 3.68. The Morgan fingerprint density at radius 1 is 1.18 bits per heavy atom. The summed E-state index contributed by atoms with van der Waals surface area (Å²) < 4.78 is 25.9. The number of hydrogen-bond donors (Lipinski definition) is 1. The second kappa shape index (κ2) is 5.83. The molecular weight excluding hydrogens is 242 g/mol. The van der Waals surface area contributed by atoms with E-state index in [1.54, 1.807) is 11.8 Å². The molecule has 0 aromatic heterocycles. The number of rotatable bonds is 4. The van der Waals surface area contributed by atoms with E-state index >= 15 is 0 Å². The molecule has 0 amide bonds. The number of aliphatic hydroxyl groups excluding tert-OH is 1. The van der Waals surface area contributed by atoms with Crippen LogP contribution < -0.4 is 0 Å². The van der Waals surface area contributed by atoms with Gasteiger partial charge in [-0.25, -0.2) is 8.78 Å². The average Bonchev–Trinajstić information content (AvgIpc) is 2.77. The molecule has 1 unspecified atom stereocenters. The van der Waals surface area contributed by atoms with Gasteiger partial charge in [0.25, 0.3) is 0 Å². The Morgan fingerprint density at radius 2 is 1.76 bits per heavy atom. The summed E-state index contributed by atoms with van der Waals surface area (Å²) in [6.07, 6.45) is 4.10. The maximum absolute atomic E-state index is 13.0. The van der Waals surface area contributed by atoms with Crippen molar-refractivity contribution in [1.29, 1.82) is 0 Å². The van der Waals surface area contributed by atoms with Crippen LogP contribution in [0, 0.1) is 11.6 Å². The zero-order chi connectivity index (χ0) is 12.3. The summed E-state index contributed by atoms with van der Waals surface area (Å²) in [4.78, 5) is 0. The summed E-state index contributed by atoms with van der Waals surface area (Å²) >= 11 is 1.70. The standard InChI is InChI=1S/C13H16F2OS/c14-10-5-9(6-11(15)7-10)13(16)8-17-12-3-1-2-4-12/h5-7,12-13,16H,1-4,8H2. The van der Waals surface area contributed by atoms with Crippen LogP contribution in [0.1, 0.15) is 37.4 Å². The monoisotopic (exact) mass is 258 g/mol. The number of benzene rings is 1. The quantitative estimate of drug-likeness (QED) is 0.889. The first-order valence-electron chi connectivity index (χ1n) is 5.91. The molecule has 1 aliphatic carbocycles. The van der Waals surface area contributed by atoms with Crippen LogP contribution in [0.2, 0.25) is 0 Å². The fraction of sp³-hybridized carbons (Fsp3) is 0.538. The van der Waals surface area contributed by atoms with E-state index < -0.39 is 17.7 Å². The van der Waals surface area contributed by atoms with E-state index in [9.17, 15) is 13.9 Å². The van der Waals surface area contributed by atoms with Gasteiger partial charge in [-0.3, -0.25) is 0 Å². The molecule has 2 rings (SSSR count). The van der Waals surface area contributed by atoms with Gasteiger partial charge in [0.1, 0.15) is 11.6 Å². The van der Waals surface area contributed by atoms with Crippen molar-refractivity contribution in [1.82, 2.24) is 0 Å². The Labute approximate surface area is 104 Å². The first kappa shape index (κ1) is 12.8. The van der Waals surface area contributed by atoms with E-state index in [2.05, 4.69) is 0 Å². The molecule has 0 spiro atoms. The van der Waals surface area contributed by atoms with E-state index in [1.807, 2.05) is 0 Å². The first-order valence-corrected chi connectivity index (χ1v) is 6.95. The molecule has 1 atom stereocenters. The summed E-state index contributed by atoms with van der Waals surface area (Å²) in [6, 6.07) is 3.21. The second-order valence-electron chi connectivity index (χ2n) is 4.46. The van der Waals surface area contributed by atoms with Crippen molar-refractivity contribution in [3.63, 3.8) is 0 Å². The molecule has 94 valence electrons. The van der Waals surface area contributed by atoms with Crippen LogP contribution in [-0.2, 0) is 0 Å². The summed E-state index contributed by atoms with van der Waals surface area (Å²) in [5.41, 5.74) is 0.327. The molecule has 0 aliphatic heterocycles. The van der Waals surface area contributed by atoms with Crippen molar-refractivity contribution < 1.29 is 13.9 Å². The Morgan fingerprint density at radius 3 is 2.35 bits per heavy atom. The van der Waals surface area contributed by atoms with Gasteiger partial charge in [-0.1, -0.05) is 12.8 Å². The van der Waals surface area contributed by atoms with Crippen LogP contribution in [0.25, 0.3) is 0 Å². The van der Waals surface area contributed by atoms with Crippen LogP contribution in [0.3, 0.4) is 0 Å². The lowest BCUT2D eigenvalue weighted by atomic mass is 10.1. The predicted molar refractivity (Wildman–Crippen MR) is 66.0 cm³/mol. The molecule has 0 saturated heterocycles. The van der Waals surface area contributed by atoms with Crippen LogP contribution in [0.5, 0.6) is 0 Å². The summed E-state index contributed by atoms with van der Waals surface area (Å²) in [5.74, 6) is -0.761. The van der Waals surface area contributed by atoms with E-state index in [-0.39, 0.29) is 0 Å². The van der Waals surface area contributed by atoms with Crippen LogP contribution in [0.4, 0.5) is 8.78 Å². The minimum Gasteiger partial charge on any atom is -0.388 e. The van der Waals surface area contributed by atoms with Crippen molar-refractivity contribution in [3.05, 3.63) is 35.4 Å². The third-order valence-electron chi connectivity index (χ3n) is 3.06. The van der Waals surface area contributed by atoms with Gasteiger partial charge in [-0.05, 0) is 30.5 Å². The SMILES string of the molecule is OC(CSC1CCCC1)c1cc(F)cc(F)c1. The van der Waals surface area contributed by atoms with Crippen molar-refractivity contribution in [3.8, 4) is 0 Å². The number of thioether (sulfide) groups is 1. The molecule has 0 heterocycles. The molecule has 17 heavy (non-hydrogen) atoms. The topological polar surface area (TPSA) is 20.2 Å². The fourth-order valence-electron chi connectivity index (χ4n) is 2.15. The Kier molecular flexibility index (Phi) is 4.40. The molecule has 1 fully saturated rings. The maximum atomic E-state index is 13.0. The van der Waals surface area contributed by atoms with E-state index in [0.29, 0.717) is 16.6 Å². The lowest BCUT2D eigenvalue weighted by molar-refractivity contribution is 0.203. The van der Waals surface area contributed by atoms with Crippen molar-refractivity contribution in [2.24, 2.45) is 0 Å². The van der Waals surface area contributed by atoms with Crippen LogP contribution >= 0.6 is 11.8 Å². The van der Waals surface area contributed by atoms with E-state index in [0.717, 1.165) is 6.07 Å². The summed E-state index contributed by atoms with van der Waals surface area (Å²) in [5, 5.41) is 10.5. The second-order valence-corrected chi connectivity index (χ2v) is 5.79. The molecule has 1 saturated carbocycles. The number of hydrogen-bond acceptors (Lipinski definition) is 2. The highest BCUT2D eigenvalue weighted by atomic mass is 32.2. The zero-order valence-corrected chi connectivity index (χ0v) is 10.4. The molecular formula is C13H16F2OS. The van der Waals surface area contributed by atoms with Crippen LogP contribution in [0.15, 0.2) is 18.2 Å². The highest BCUT2D eigenvalue weighted by molar-refractivity contribution is 7.99. The maximum Gasteiger partial charge on any atom is 0.126 e. The molecule has 4 heteroatoms. The van der Waals surface area contributed by atoms with Gasteiger partial charge in [-0.15, -0.1) is 0 Å². The van der Waals surface area contributed by atoms with Gasteiger partial charge >= 0.3 is 0 Å². The van der Waals surface area contributed by atoms with E-state index in [4.69, 9.17) is 0 Å². The van der Waals surface area contributed by atoms with Gasteiger partial charge in [0, 0.05) is 17.1 Å². The zero-order valence-electron chi connectivity index (χ0n) is 9.53. The lowest BCUT2D eigenvalue weighted by Gasteiger charge is -2.14. The largest absolute Gasteiger partial charge is 0.388 e. The van der Waals surface area contributed by atoms with Gasteiger partial charge in [0.2, 0.25) is 0 Å². The molecule has 1 aromatic carbocycles.